The van der Waals surface area contributed by atoms with Crippen LogP contribution in [0.25, 0.3) is 21.9 Å². The lowest BCUT2D eigenvalue weighted by Crippen LogP contribution is -1.80. The first-order chi connectivity index (χ1) is 7.25. The molecule has 3 aromatic rings. The van der Waals surface area contributed by atoms with Crippen molar-refractivity contribution in [3.05, 3.63) is 28.3 Å². The maximum absolute atomic E-state index is 5.95. The highest BCUT2D eigenvalue weighted by atomic mass is 79.9. The summed E-state index contributed by atoms with van der Waals surface area (Å²) in [7, 11) is 0. The number of nitrogens with one attached hydrogen (secondary N) is 1. The van der Waals surface area contributed by atoms with E-state index >= 15 is 0 Å². The maximum Gasteiger partial charge on any atom is 0.156 e. The Labute approximate surface area is 97.8 Å². The van der Waals surface area contributed by atoms with Gasteiger partial charge in [0.2, 0.25) is 0 Å². The average Bonchev–Trinajstić information content (AvgIpc) is 2.58. The fraction of sp³-hybridized carbons (Fsp3) is 0. The fourth-order valence-electron chi connectivity index (χ4n) is 1.54. The lowest BCUT2D eigenvalue weighted by molar-refractivity contribution is 1.22. The highest BCUT2D eigenvalue weighted by molar-refractivity contribution is 9.10. The molecule has 0 bridgehead atoms. The summed E-state index contributed by atoms with van der Waals surface area (Å²) in [6, 6.07) is 1.90. The van der Waals surface area contributed by atoms with Crippen molar-refractivity contribution in [3.8, 4) is 0 Å². The molecule has 0 aromatic carbocycles. The molecule has 0 aliphatic carbocycles. The highest BCUT2D eigenvalue weighted by Crippen LogP contribution is 2.27. The number of halogens is 2. The molecule has 6 heteroatoms. The third kappa shape index (κ3) is 1.31. The summed E-state index contributed by atoms with van der Waals surface area (Å²) in [5, 5.41) is 1.41. The number of aromatic nitrogens is 4. The molecule has 0 amide bonds. The van der Waals surface area contributed by atoms with Crippen LogP contribution in [0.15, 0.2) is 23.2 Å². The van der Waals surface area contributed by atoms with E-state index < -0.39 is 0 Å². The Bertz CT molecular complexity index is 664. The van der Waals surface area contributed by atoms with Gasteiger partial charge in [-0.05, 0) is 22.0 Å². The van der Waals surface area contributed by atoms with Crippen molar-refractivity contribution in [1.82, 2.24) is 19.9 Å². The Morgan fingerprint density at radius 3 is 3.00 bits per heavy atom. The third-order valence-electron chi connectivity index (χ3n) is 2.19. The van der Waals surface area contributed by atoms with Gasteiger partial charge in [-0.3, -0.25) is 0 Å². The number of hydrogen-bond acceptors (Lipinski definition) is 3. The molecule has 0 unspecified atom stereocenters. The molecule has 0 spiro atoms. The van der Waals surface area contributed by atoms with Gasteiger partial charge >= 0.3 is 0 Å². The first kappa shape index (κ1) is 9.06. The zero-order valence-electron chi connectivity index (χ0n) is 7.33. The monoisotopic (exact) mass is 282 g/mol. The Morgan fingerprint density at radius 2 is 2.13 bits per heavy atom. The van der Waals surface area contributed by atoms with Crippen molar-refractivity contribution in [2.24, 2.45) is 0 Å². The summed E-state index contributed by atoms with van der Waals surface area (Å²) in [5.74, 6) is 0. The molecular weight excluding hydrogens is 279 g/mol. The second-order valence-corrected chi connectivity index (χ2v) is 4.24. The van der Waals surface area contributed by atoms with Crippen LogP contribution < -0.4 is 0 Å². The molecule has 3 rings (SSSR count). The van der Waals surface area contributed by atoms with Gasteiger partial charge in [0.25, 0.3) is 0 Å². The van der Waals surface area contributed by atoms with Crippen molar-refractivity contribution in [1.29, 1.82) is 0 Å². The third-order valence-corrected chi connectivity index (χ3v) is 2.91. The number of fused-ring (bicyclic) bond motifs is 3. The van der Waals surface area contributed by atoms with E-state index in [0.29, 0.717) is 5.15 Å². The minimum absolute atomic E-state index is 0.423. The van der Waals surface area contributed by atoms with Crippen molar-refractivity contribution >= 4 is 49.5 Å². The van der Waals surface area contributed by atoms with Crippen LogP contribution in [0.2, 0.25) is 5.15 Å². The largest absolute Gasteiger partial charge is 0.349 e. The van der Waals surface area contributed by atoms with Crippen LogP contribution in [0.4, 0.5) is 0 Å². The van der Waals surface area contributed by atoms with E-state index in [1.54, 1.807) is 6.20 Å². The van der Waals surface area contributed by atoms with E-state index in [-0.39, 0.29) is 0 Å². The molecule has 0 aliphatic rings. The minimum Gasteiger partial charge on any atom is -0.349 e. The average molecular weight is 284 g/mol. The van der Waals surface area contributed by atoms with Crippen LogP contribution in [-0.4, -0.2) is 19.9 Å². The quantitative estimate of drug-likeness (QED) is 0.510. The normalized spacial score (nSPS) is 11.3. The number of H-pyrrole nitrogens is 1. The van der Waals surface area contributed by atoms with Gasteiger partial charge in [0.05, 0.1) is 11.7 Å². The zero-order chi connectivity index (χ0) is 10.4. The predicted molar refractivity (Wildman–Crippen MR) is 61.9 cm³/mol. The van der Waals surface area contributed by atoms with Crippen molar-refractivity contribution in [2.75, 3.05) is 0 Å². The lowest BCUT2D eigenvalue weighted by atomic mass is 10.3. The van der Waals surface area contributed by atoms with Gasteiger partial charge in [-0.25, -0.2) is 15.0 Å². The Hall–Kier alpha value is -1.20. The number of rotatable bonds is 0. The SMILES string of the molecule is Clc1ncnc2c1[nH]c1cnc(Br)cc12. The molecular formula is C9H4BrClN4. The van der Waals surface area contributed by atoms with E-state index in [1.165, 1.54) is 6.33 Å². The van der Waals surface area contributed by atoms with Crippen LogP contribution in [0.5, 0.6) is 0 Å². The van der Waals surface area contributed by atoms with Gasteiger partial charge in [0.15, 0.2) is 5.15 Å². The van der Waals surface area contributed by atoms with Gasteiger partial charge in [0.1, 0.15) is 22.0 Å². The molecule has 0 saturated carbocycles. The van der Waals surface area contributed by atoms with Crippen LogP contribution in [-0.2, 0) is 0 Å². The Morgan fingerprint density at radius 1 is 1.27 bits per heavy atom. The van der Waals surface area contributed by atoms with Crippen LogP contribution in [0.3, 0.4) is 0 Å². The van der Waals surface area contributed by atoms with Gasteiger partial charge in [-0.15, -0.1) is 0 Å². The van der Waals surface area contributed by atoms with E-state index in [9.17, 15) is 0 Å². The molecule has 0 atom stereocenters. The van der Waals surface area contributed by atoms with Crippen LogP contribution in [0, 0.1) is 0 Å². The fourth-order valence-corrected chi connectivity index (χ4v) is 2.05. The number of pyridine rings is 1. The summed E-state index contributed by atoms with van der Waals surface area (Å²) in [5.41, 5.74) is 2.46. The molecule has 4 nitrogen and oxygen atoms in total. The summed E-state index contributed by atoms with van der Waals surface area (Å²) in [4.78, 5) is 15.4. The molecule has 74 valence electrons. The second kappa shape index (κ2) is 3.15. The van der Waals surface area contributed by atoms with Crippen molar-refractivity contribution in [2.45, 2.75) is 0 Å². The number of nitrogens with zero attached hydrogens (tertiary/aromatic N) is 3. The van der Waals surface area contributed by atoms with Crippen molar-refractivity contribution in [3.63, 3.8) is 0 Å². The summed E-state index contributed by atoms with van der Waals surface area (Å²) in [6.45, 7) is 0. The smallest absolute Gasteiger partial charge is 0.156 e. The highest BCUT2D eigenvalue weighted by Gasteiger charge is 2.09. The van der Waals surface area contributed by atoms with Gasteiger partial charge < -0.3 is 4.98 Å². The van der Waals surface area contributed by atoms with Gasteiger partial charge in [-0.1, -0.05) is 11.6 Å². The van der Waals surface area contributed by atoms with Crippen LogP contribution >= 0.6 is 27.5 Å². The molecule has 3 heterocycles. The standard InChI is InChI=1S/C9H4BrClN4/c10-6-1-4-5(2-12-6)15-8-7(4)13-3-14-9(8)11/h1-3,15H. The minimum atomic E-state index is 0.423. The summed E-state index contributed by atoms with van der Waals surface area (Å²) in [6.07, 6.45) is 3.18. The molecule has 3 aromatic heterocycles. The molecule has 15 heavy (non-hydrogen) atoms. The Balaban J connectivity index is 2.58. The maximum atomic E-state index is 5.95. The summed E-state index contributed by atoms with van der Waals surface area (Å²) < 4.78 is 0.769. The molecule has 0 fully saturated rings. The van der Waals surface area contributed by atoms with Gasteiger partial charge in [-0.2, -0.15) is 0 Å². The topological polar surface area (TPSA) is 54.5 Å². The first-order valence-corrected chi connectivity index (χ1v) is 5.36. The Kier molecular flexibility index (Phi) is 1.90. The lowest BCUT2D eigenvalue weighted by Gasteiger charge is -1.91. The molecule has 0 aliphatic heterocycles. The summed E-state index contributed by atoms with van der Waals surface area (Å²) >= 11 is 9.27. The first-order valence-electron chi connectivity index (χ1n) is 4.19. The predicted octanol–water partition coefficient (Wildman–Crippen LogP) is 2.92. The molecule has 1 N–H and O–H groups in total. The zero-order valence-corrected chi connectivity index (χ0v) is 9.67. The van der Waals surface area contributed by atoms with Gasteiger partial charge in [0, 0.05) is 5.39 Å². The van der Waals surface area contributed by atoms with Crippen molar-refractivity contribution < 1.29 is 0 Å². The van der Waals surface area contributed by atoms with Crippen LogP contribution in [0.1, 0.15) is 0 Å². The van der Waals surface area contributed by atoms with E-state index in [2.05, 4.69) is 35.9 Å². The number of aromatic amines is 1. The second-order valence-electron chi connectivity index (χ2n) is 3.07. The van der Waals surface area contributed by atoms with E-state index in [1.807, 2.05) is 6.07 Å². The van der Waals surface area contributed by atoms with E-state index in [0.717, 1.165) is 26.5 Å². The molecule has 0 saturated heterocycles. The molecule has 0 radical (unpaired) electrons. The number of hydrogen-bond donors (Lipinski definition) is 1. The van der Waals surface area contributed by atoms with E-state index in [4.69, 9.17) is 11.6 Å².